The second-order valence-corrected chi connectivity index (χ2v) is 14.5. The normalized spacial score (nSPS) is 20.2. The van der Waals surface area contributed by atoms with E-state index in [9.17, 15) is 23.1 Å². The zero-order valence-corrected chi connectivity index (χ0v) is 26.4. The monoisotopic (exact) mass is 630 g/mol. The average molecular weight is 631 g/mol. The van der Waals surface area contributed by atoms with Gasteiger partial charge in [0.25, 0.3) is 5.91 Å². The molecule has 10 heteroatoms. The van der Waals surface area contributed by atoms with Crippen LogP contribution in [0.1, 0.15) is 73.9 Å². The van der Waals surface area contributed by atoms with Gasteiger partial charge in [-0.3, -0.25) is 9.69 Å². The van der Waals surface area contributed by atoms with Crippen molar-refractivity contribution in [2.24, 2.45) is 5.92 Å². The Labute approximate surface area is 263 Å². The summed E-state index contributed by atoms with van der Waals surface area (Å²) >= 11 is 0. The van der Waals surface area contributed by atoms with Crippen molar-refractivity contribution in [2.75, 3.05) is 38.9 Å². The Morgan fingerprint density at radius 2 is 1.80 bits per heavy atom. The lowest BCUT2D eigenvalue weighted by Gasteiger charge is -2.25. The van der Waals surface area contributed by atoms with Crippen LogP contribution in [0.4, 0.5) is 0 Å². The van der Waals surface area contributed by atoms with Crippen molar-refractivity contribution in [3.8, 4) is 11.1 Å². The van der Waals surface area contributed by atoms with Gasteiger partial charge in [0.2, 0.25) is 0 Å². The molecule has 1 saturated heterocycles. The Morgan fingerprint density at radius 3 is 2.45 bits per heavy atom. The Kier molecular flexibility index (Phi) is 13.4. The Hall–Kier alpha value is -2.79. The lowest BCUT2D eigenvalue weighted by atomic mass is 9.90. The third-order valence-electron chi connectivity index (χ3n) is 8.67. The van der Waals surface area contributed by atoms with E-state index in [1.807, 2.05) is 43.3 Å². The topological polar surface area (TPSA) is 122 Å². The molecule has 2 fully saturated rings. The molecule has 0 aromatic heterocycles. The van der Waals surface area contributed by atoms with E-state index in [4.69, 9.17) is 9.47 Å². The maximum atomic E-state index is 13.5. The molecule has 244 valence electrons. The highest BCUT2D eigenvalue weighted by Gasteiger charge is 2.33. The summed E-state index contributed by atoms with van der Waals surface area (Å²) in [5.41, 5.74) is 3.92. The molecule has 2 aromatic carbocycles. The quantitative estimate of drug-likeness (QED) is 0.296. The molecule has 0 radical (unpaired) electrons. The van der Waals surface area contributed by atoms with Crippen LogP contribution in [0.15, 0.2) is 42.5 Å². The highest BCUT2D eigenvalue weighted by Crippen LogP contribution is 2.31. The summed E-state index contributed by atoms with van der Waals surface area (Å²) < 4.78 is 35.2. The Bertz CT molecular complexity index is 1360. The number of nitrogens with one attached hydrogen (secondary N) is 1. The molecule has 2 aliphatic rings. The molecule has 4 rings (SSSR count). The van der Waals surface area contributed by atoms with E-state index in [1.54, 1.807) is 13.2 Å². The van der Waals surface area contributed by atoms with Gasteiger partial charge in [0.05, 0.1) is 18.5 Å². The van der Waals surface area contributed by atoms with Gasteiger partial charge in [-0.1, -0.05) is 57.0 Å². The van der Waals surface area contributed by atoms with Gasteiger partial charge in [0.15, 0.2) is 0 Å². The number of hydrogen-bond acceptors (Lipinski definition) is 7. The summed E-state index contributed by atoms with van der Waals surface area (Å²) in [5, 5.41) is 12.2. The second kappa shape index (κ2) is 16.5. The lowest BCUT2D eigenvalue weighted by molar-refractivity contribution is -0.139. The van der Waals surface area contributed by atoms with Crippen molar-refractivity contribution in [2.45, 2.75) is 84.0 Å². The Morgan fingerprint density at radius 1 is 1.07 bits per heavy atom. The van der Waals surface area contributed by atoms with Crippen LogP contribution in [0.25, 0.3) is 11.1 Å². The summed E-state index contributed by atoms with van der Waals surface area (Å²) in [6, 6.07) is 12.3. The predicted molar refractivity (Wildman–Crippen MR) is 174 cm³/mol. The minimum absolute atomic E-state index is 0. The molecule has 3 atom stereocenters. The first-order valence-corrected chi connectivity index (χ1v) is 17.3. The van der Waals surface area contributed by atoms with Crippen LogP contribution < -0.4 is 5.32 Å². The predicted octanol–water partition coefficient (Wildman–Crippen LogP) is 5.10. The molecule has 2 N–H and O–H groups in total. The molecular weight excluding hydrogens is 580 g/mol. The van der Waals surface area contributed by atoms with Crippen molar-refractivity contribution < 1.29 is 32.6 Å². The molecule has 1 aliphatic carbocycles. The number of carbonyl (C=O) groups excluding carboxylic acids is 1. The van der Waals surface area contributed by atoms with Crippen molar-refractivity contribution >= 4 is 21.7 Å². The molecule has 0 unspecified atom stereocenters. The smallest absolute Gasteiger partial charge is 0.326 e. The first-order chi connectivity index (χ1) is 20.5. The SMILES string of the molecule is C.COC[C@@H]1C[C@@H](OCC2CCCCC2)CN1Cc1ccc(C(=O)N[C@@H](CCS(C)(=O)=O)C(=O)O)c(-c2ccccc2C)c1. The molecule has 1 amide bonds. The van der Waals surface area contributed by atoms with E-state index in [0.717, 1.165) is 42.5 Å². The third-order valence-corrected chi connectivity index (χ3v) is 9.65. The fourth-order valence-corrected chi connectivity index (χ4v) is 6.95. The van der Waals surface area contributed by atoms with Crippen LogP contribution in [0.3, 0.4) is 0 Å². The number of carbonyl (C=O) groups is 2. The van der Waals surface area contributed by atoms with Crippen LogP contribution in [0, 0.1) is 12.8 Å². The summed E-state index contributed by atoms with van der Waals surface area (Å²) in [5.74, 6) is -1.51. The molecule has 9 nitrogen and oxygen atoms in total. The number of nitrogens with zero attached hydrogens (tertiary/aromatic N) is 1. The fourth-order valence-electron chi connectivity index (χ4n) is 6.29. The van der Waals surface area contributed by atoms with E-state index >= 15 is 0 Å². The zero-order chi connectivity index (χ0) is 31.0. The number of likely N-dealkylation sites (tertiary alicyclic amines) is 1. The van der Waals surface area contributed by atoms with Gasteiger partial charge in [0, 0.05) is 44.7 Å². The number of rotatable bonds is 14. The number of amides is 1. The number of carboxylic acids is 1. The fraction of sp³-hybridized carbons (Fsp3) is 0.588. The van der Waals surface area contributed by atoms with Crippen LogP contribution in [-0.2, 0) is 30.7 Å². The second-order valence-electron chi connectivity index (χ2n) is 12.2. The van der Waals surface area contributed by atoms with Crippen molar-refractivity contribution in [1.29, 1.82) is 0 Å². The zero-order valence-electron chi connectivity index (χ0n) is 25.6. The molecule has 1 saturated carbocycles. The summed E-state index contributed by atoms with van der Waals surface area (Å²) in [6.45, 7) is 4.87. The maximum Gasteiger partial charge on any atom is 0.326 e. The van der Waals surface area contributed by atoms with Gasteiger partial charge in [0.1, 0.15) is 15.9 Å². The van der Waals surface area contributed by atoms with E-state index in [0.29, 0.717) is 30.2 Å². The molecule has 2 aromatic rings. The van der Waals surface area contributed by atoms with Crippen molar-refractivity contribution in [3.05, 3.63) is 59.2 Å². The molecule has 0 bridgehead atoms. The molecule has 44 heavy (non-hydrogen) atoms. The summed E-state index contributed by atoms with van der Waals surface area (Å²) in [4.78, 5) is 27.7. The number of aliphatic carboxylic acids is 1. The lowest BCUT2D eigenvalue weighted by Crippen LogP contribution is -2.42. The van der Waals surface area contributed by atoms with Gasteiger partial charge in [-0.15, -0.1) is 0 Å². The average Bonchev–Trinajstić information content (AvgIpc) is 3.35. The number of hydrogen-bond donors (Lipinski definition) is 2. The van der Waals surface area contributed by atoms with Gasteiger partial charge in [-0.25, -0.2) is 13.2 Å². The molecule has 1 heterocycles. The number of sulfone groups is 1. The van der Waals surface area contributed by atoms with Crippen LogP contribution >= 0.6 is 0 Å². The van der Waals surface area contributed by atoms with E-state index in [2.05, 4.69) is 10.2 Å². The Balaban J connectivity index is 0.00000529. The number of methoxy groups -OCH3 is 1. The van der Waals surface area contributed by atoms with Gasteiger partial charge in [-0.2, -0.15) is 0 Å². The summed E-state index contributed by atoms with van der Waals surface area (Å²) in [7, 11) is -1.67. The number of benzene rings is 2. The van der Waals surface area contributed by atoms with Crippen LogP contribution in [0.2, 0.25) is 0 Å². The van der Waals surface area contributed by atoms with Crippen molar-refractivity contribution in [3.63, 3.8) is 0 Å². The van der Waals surface area contributed by atoms with E-state index in [-0.39, 0.29) is 31.7 Å². The van der Waals surface area contributed by atoms with Gasteiger partial charge < -0.3 is 19.9 Å². The first kappa shape index (κ1) is 35.7. The van der Waals surface area contributed by atoms with Crippen LogP contribution in [-0.4, -0.2) is 87.4 Å². The van der Waals surface area contributed by atoms with Gasteiger partial charge >= 0.3 is 5.97 Å². The molecule has 0 spiro atoms. The molecular formula is C34H50N2O7S. The number of aryl methyl sites for hydroxylation is 1. The number of ether oxygens (including phenoxy) is 2. The number of carboxylic acid groups (broad SMARTS) is 1. The highest BCUT2D eigenvalue weighted by molar-refractivity contribution is 7.90. The van der Waals surface area contributed by atoms with Crippen LogP contribution in [0.5, 0.6) is 0 Å². The molecule has 1 aliphatic heterocycles. The minimum atomic E-state index is -3.39. The van der Waals surface area contributed by atoms with Gasteiger partial charge in [-0.05, 0) is 72.9 Å². The highest BCUT2D eigenvalue weighted by atomic mass is 32.2. The van der Waals surface area contributed by atoms with Crippen molar-refractivity contribution in [1.82, 2.24) is 10.2 Å². The standard InChI is InChI=1S/C33H46N2O7S.CH4/c1-23-9-7-8-12-28(23)30-17-25(13-14-29(30)32(36)34-31(33(37)38)15-16-43(3,39)40)19-35-20-27(18-26(35)22-41-2)42-21-24-10-5-4-6-11-24;/h7-9,12-14,17,24,26-27,31H,4-6,10-11,15-16,18-22H2,1-3H3,(H,34,36)(H,37,38);1H4/t26-,27+,31-;/m0./s1. The maximum absolute atomic E-state index is 13.5. The summed E-state index contributed by atoms with van der Waals surface area (Å²) in [6.07, 6.45) is 8.34. The minimum Gasteiger partial charge on any atom is -0.480 e. The third kappa shape index (κ3) is 10.1. The first-order valence-electron chi connectivity index (χ1n) is 15.3. The van der Waals surface area contributed by atoms with E-state index in [1.165, 1.54) is 32.1 Å². The largest absolute Gasteiger partial charge is 0.480 e. The van der Waals surface area contributed by atoms with E-state index < -0.39 is 27.8 Å².